The van der Waals surface area contributed by atoms with Crippen LogP contribution < -0.4 is 10.6 Å². The summed E-state index contributed by atoms with van der Waals surface area (Å²) in [5, 5.41) is 5.45. The van der Waals surface area contributed by atoms with Crippen molar-refractivity contribution in [2.75, 3.05) is 13.1 Å². The molecule has 1 rings (SSSR count). The zero-order valence-corrected chi connectivity index (χ0v) is 10.3. The summed E-state index contributed by atoms with van der Waals surface area (Å²) in [7, 11) is 0. The lowest BCUT2D eigenvalue weighted by Gasteiger charge is -2.06. The van der Waals surface area contributed by atoms with Crippen LogP contribution in [-0.2, 0) is 0 Å². The van der Waals surface area contributed by atoms with Crippen LogP contribution in [-0.4, -0.2) is 19.1 Å². The van der Waals surface area contributed by atoms with Crippen molar-refractivity contribution in [3.8, 4) is 11.8 Å². The molecule has 3 heteroatoms. The van der Waals surface area contributed by atoms with Crippen molar-refractivity contribution in [1.82, 2.24) is 10.6 Å². The Kier molecular flexibility index (Phi) is 5.67. The van der Waals surface area contributed by atoms with Gasteiger partial charge in [0.05, 0.1) is 6.54 Å². The number of carbonyl (C=O) groups excluding carboxylic acids is 1. The van der Waals surface area contributed by atoms with Crippen LogP contribution in [0.4, 0.5) is 4.79 Å². The molecule has 0 fully saturated rings. The second kappa shape index (κ2) is 7.34. The highest BCUT2D eigenvalue weighted by Gasteiger charge is 1.98. The number of urea groups is 1. The normalized spacial score (nSPS) is 9.35. The molecule has 0 saturated carbocycles. The summed E-state index contributed by atoms with van der Waals surface area (Å²) in [5.74, 6) is 6.33. The first-order valence-corrected chi connectivity index (χ1v) is 5.74. The largest absolute Gasteiger partial charge is 0.338 e. The number of rotatable bonds is 3. The van der Waals surface area contributed by atoms with Crippen LogP contribution in [0.25, 0.3) is 0 Å². The van der Waals surface area contributed by atoms with Gasteiger partial charge >= 0.3 is 6.03 Å². The molecule has 0 saturated heterocycles. The molecule has 0 bridgehead atoms. The number of hydrogen-bond acceptors (Lipinski definition) is 1. The summed E-state index contributed by atoms with van der Waals surface area (Å²) in [5.41, 5.74) is 0.955. The molecule has 0 aliphatic carbocycles. The maximum atomic E-state index is 11.3. The molecule has 0 aliphatic heterocycles. The van der Waals surface area contributed by atoms with Gasteiger partial charge in [-0.25, -0.2) is 4.79 Å². The van der Waals surface area contributed by atoms with Gasteiger partial charge in [0.2, 0.25) is 0 Å². The maximum Gasteiger partial charge on any atom is 0.315 e. The predicted octanol–water partition coefficient (Wildman–Crippen LogP) is 1.99. The van der Waals surface area contributed by atoms with Crippen LogP contribution in [0, 0.1) is 17.8 Å². The fourth-order valence-corrected chi connectivity index (χ4v) is 1.15. The van der Waals surface area contributed by atoms with Crippen LogP contribution in [0.1, 0.15) is 19.4 Å². The van der Waals surface area contributed by atoms with Crippen molar-refractivity contribution in [3.63, 3.8) is 0 Å². The molecule has 1 aromatic rings. The minimum absolute atomic E-state index is 0.166. The number of hydrogen-bond donors (Lipinski definition) is 2. The summed E-state index contributed by atoms with van der Waals surface area (Å²) < 4.78 is 0. The van der Waals surface area contributed by atoms with E-state index in [0.29, 0.717) is 19.0 Å². The molecule has 0 atom stereocenters. The summed E-state index contributed by atoms with van der Waals surface area (Å²) in [6.07, 6.45) is 0. The quantitative estimate of drug-likeness (QED) is 0.766. The van der Waals surface area contributed by atoms with E-state index in [4.69, 9.17) is 0 Å². The molecule has 90 valence electrons. The van der Waals surface area contributed by atoms with Gasteiger partial charge in [-0.2, -0.15) is 0 Å². The molecule has 3 nitrogen and oxygen atoms in total. The van der Waals surface area contributed by atoms with E-state index in [1.165, 1.54) is 0 Å². The van der Waals surface area contributed by atoms with Crippen molar-refractivity contribution in [3.05, 3.63) is 35.9 Å². The highest BCUT2D eigenvalue weighted by molar-refractivity contribution is 5.74. The van der Waals surface area contributed by atoms with Crippen LogP contribution >= 0.6 is 0 Å². The van der Waals surface area contributed by atoms with Gasteiger partial charge in [-0.15, -0.1) is 0 Å². The van der Waals surface area contributed by atoms with E-state index in [1.807, 2.05) is 30.3 Å². The molecular formula is C14H18N2O. The van der Waals surface area contributed by atoms with Crippen molar-refractivity contribution < 1.29 is 4.79 Å². The average molecular weight is 230 g/mol. The van der Waals surface area contributed by atoms with Crippen LogP contribution in [0.3, 0.4) is 0 Å². The number of nitrogens with one attached hydrogen (secondary N) is 2. The van der Waals surface area contributed by atoms with E-state index in [1.54, 1.807) is 0 Å². The standard InChI is InChI=1S/C14H18N2O/c1-12(2)11-16-14(17)15-10-6-9-13-7-4-3-5-8-13/h3-5,7-8,12H,10-11H2,1-2H3,(H2,15,16,17). The predicted molar refractivity (Wildman–Crippen MR) is 69.6 cm³/mol. The van der Waals surface area contributed by atoms with Crippen molar-refractivity contribution in [2.45, 2.75) is 13.8 Å². The Balaban J connectivity index is 2.24. The fourth-order valence-electron chi connectivity index (χ4n) is 1.15. The molecule has 17 heavy (non-hydrogen) atoms. The number of amides is 2. The van der Waals surface area contributed by atoms with Gasteiger partial charge in [0.25, 0.3) is 0 Å². The monoisotopic (exact) mass is 230 g/mol. The van der Waals surface area contributed by atoms with E-state index in [9.17, 15) is 4.79 Å². The minimum Gasteiger partial charge on any atom is -0.338 e. The Morgan fingerprint density at radius 1 is 1.24 bits per heavy atom. The van der Waals surface area contributed by atoms with Crippen molar-refractivity contribution >= 4 is 6.03 Å². The third-order valence-electron chi connectivity index (χ3n) is 2.01. The number of benzene rings is 1. The molecule has 1 aromatic carbocycles. The van der Waals surface area contributed by atoms with Crippen LogP contribution in [0.2, 0.25) is 0 Å². The Labute approximate surface area is 103 Å². The molecule has 0 aliphatic rings. The SMILES string of the molecule is CC(C)CNC(=O)NCC#Cc1ccccc1. The third kappa shape index (κ3) is 6.26. The topological polar surface area (TPSA) is 41.1 Å². The highest BCUT2D eigenvalue weighted by atomic mass is 16.2. The lowest BCUT2D eigenvalue weighted by Crippen LogP contribution is -2.37. The molecule has 2 amide bonds. The van der Waals surface area contributed by atoms with Crippen LogP contribution in [0.15, 0.2) is 30.3 Å². The van der Waals surface area contributed by atoms with E-state index in [-0.39, 0.29) is 6.03 Å². The van der Waals surface area contributed by atoms with Gasteiger partial charge in [-0.3, -0.25) is 0 Å². The second-order valence-electron chi connectivity index (χ2n) is 4.13. The summed E-state index contributed by atoms with van der Waals surface area (Å²) in [6, 6.07) is 9.53. The Hall–Kier alpha value is -1.95. The Morgan fingerprint density at radius 2 is 1.94 bits per heavy atom. The summed E-state index contributed by atoms with van der Waals surface area (Å²) >= 11 is 0. The molecule has 0 aromatic heterocycles. The van der Waals surface area contributed by atoms with Gasteiger partial charge in [0, 0.05) is 12.1 Å². The first kappa shape index (κ1) is 13.1. The van der Waals surface area contributed by atoms with E-state index in [0.717, 1.165) is 5.56 Å². The summed E-state index contributed by atoms with van der Waals surface area (Å²) in [4.78, 5) is 11.3. The van der Waals surface area contributed by atoms with Gasteiger partial charge in [0.1, 0.15) is 0 Å². The zero-order valence-electron chi connectivity index (χ0n) is 10.3. The average Bonchev–Trinajstić information content (AvgIpc) is 2.33. The molecule has 0 unspecified atom stereocenters. The van der Waals surface area contributed by atoms with Gasteiger partial charge in [-0.05, 0) is 18.1 Å². The molecular weight excluding hydrogens is 212 g/mol. The molecule has 0 radical (unpaired) electrons. The van der Waals surface area contributed by atoms with Gasteiger partial charge in [-0.1, -0.05) is 43.9 Å². The molecule has 0 spiro atoms. The van der Waals surface area contributed by atoms with Gasteiger partial charge in [0.15, 0.2) is 0 Å². The minimum atomic E-state index is -0.166. The maximum absolute atomic E-state index is 11.3. The van der Waals surface area contributed by atoms with Crippen LogP contribution in [0.5, 0.6) is 0 Å². The summed E-state index contributed by atoms with van der Waals surface area (Å²) in [6.45, 7) is 5.14. The number of carbonyl (C=O) groups is 1. The Morgan fingerprint density at radius 3 is 2.59 bits per heavy atom. The smallest absolute Gasteiger partial charge is 0.315 e. The fraction of sp³-hybridized carbons (Fsp3) is 0.357. The second-order valence-corrected chi connectivity index (χ2v) is 4.13. The van der Waals surface area contributed by atoms with Crippen molar-refractivity contribution in [1.29, 1.82) is 0 Å². The van der Waals surface area contributed by atoms with Gasteiger partial charge < -0.3 is 10.6 Å². The first-order chi connectivity index (χ1) is 8.18. The molecule has 2 N–H and O–H groups in total. The van der Waals surface area contributed by atoms with E-state index < -0.39 is 0 Å². The van der Waals surface area contributed by atoms with E-state index >= 15 is 0 Å². The lowest BCUT2D eigenvalue weighted by molar-refractivity contribution is 0.241. The van der Waals surface area contributed by atoms with E-state index in [2.05, 4.69) is 36.3 Å². The van der Waals surface area contributed by atoms with Crippen molar-refractivity contribution in [2.24, 2.45) is 5.92 Å². The zero-order chi connectivity index (χ0) is 12.5. The highest BCUT2D eigenvalue weighted by Crippen LogP contribution is 1.94. The molecule has 0 heterocycles. The third-order valence-corrected chi connectivity index (χ3v) is 2.01. The first-order valence-electron chi connectivity index (χ1n) is 5.74. The Bertz CT molecular complexity index is 401. The lowest BCUT2D eigenvalue weighted by atomic mass is 10.2.